The topological polar surface area (TPSA) is 66.0 Å². The molecule has 0 radical (unpaired) electrons. The summed E-state index contributed by atoms with van der Waals surface area (Å²) in [4.78, 5) is 17.5. The van der Waals surface area contributed by atoms with Crippen molar-refractivity contribution in [2.24, 2.45) is 0 Å². The van der Waals surface area contributed by atoms with Gasteiger partial charge in [0.1, 0.15) is 9.34 Å². The molecule has 2 heterocycles. The van der Waals surface area contributed by atoms with Crippen molar-refractivity contribution in [3.8, 4) is 10.6 Å². The minimum Gasteiger partial charge on any atom is -0.478 e. The highest BCUT2D eigenvalue weighted by atomic mass is 35.5. The molecule has 0 aliphatic carbocycles. The molecule has 4 nitrogen and oxygen atoms in total. The first-order valence-corrected chi connectivity index (χ1v) is 4.89. The number of carboxylic acid groups (broad SMARTS) is 1. The molecule has 0 saturated heterocycles. The minimum absolute atomic E-state index is 0.205. The molecule has 2 rings (SSSR count). The molecule has 0 atom stereocenters. The van der Waals surface area contributed by atoms with E-state index in [0.717, 1.165) is 0 Å². The molecular formula is C8H5ClN2O2S. The summed E-state index contributed by atoms with van der Waals surface area (Å²) in [6.45, 7) is 0. The van der Waals surface area contributed by atoms with Crippen molar-refractivity contribution in [1.82, 2.24) is 9.97 Å². The fourth-order valence-electron chi connectivity index (χ4n) is 1.10. The Labute approximate surface area is 88.2 Å². The average molecular weight is 229 g/mol. The van der Waals surface area contributed by atoms with E-state index in [1.807, 2.05) is 0 Å². The highest BCUT2D eigenvalue weighted by Crippen LogP contribution is 2.30. The maximum Gasteiger partial charge on any atom is 0.337 e. The maximum atomic E-state index is 10.8. The summed E-state index contributed by atoms with van der Waals surface area (Å²) in [6, 6.07) is 0. The number of aromatic carboxylic acids is 1. The van der Waals surface area contributed by atoms with Crippen molar-refractivity contribution in [1.29, 1.82) is 0 Å². The molecule has 0 unspecified atom stereocenters. The highest BCUT2D eigenvalue weighted by Gasteiger charge is 2.14. The fraction of sp³-hybridized carbons (Fsp3) is 0. The lowest BCUT2D eigenvalue weighted by Gasteiger charge is -1.92. The van der Waals surface area contributed by atoms with Gasteiger partial charge in [0.15, 0.2) is 0 Å². The zero-order valence-electron chi connectivity index (χ0n) is 6.82. The van der Waals surface area contributed by atoms with E-state index in [9.17, 15) is 4.79 Å². The van der Waals surface area contributed by atoms with Gasteiger partial charge in [0.25, 0.3) is 0 Å². The molecule has 2 N–H and O–H groups in total. The minimum atomic E-state index is -0.979. The molecule has 0 fully saturated rings. The summed E-state index contributed by atoms with van der Waals surface area (Å²) in [5.74, 6) is -0.979. The summed E-state index contributed by atoms with van der Waals surface area (Å²) < 4.78 is 0.539. The van der Waals surface area contributed by atoms with Crippen molar-refractivity contribution < 1.29 is 9.90 Å². The van der Waals surface area contributed by atoms with Crippen LogP contribution < -0.4 is 0 Å². The van der Waals surface area contributed by atoms with Crippen LogP contribution in [-0.4, -0.2) is 21.0 Å². The lowest BCUT2D eigenvalue weighted by Crippen LogP contribution is -1.95. The number of aromatic nitrogens is 2. The van der Waals surface area contributed by atoms with Crippen LogP contribution in [0.5, 0.6) is 0 Å². The number of nitrogens with zero attached hydrogens (tertiary/aromatic N) is 1. The van der Waals surface area contributed by atoms with Gasteiger partial charge in [0.2, 0.25) is 0 Å². The van der Waals surface area contributed by atoms with E-state index in [2.05, 4.69) is 9.97 Å². The first-order chi connectivity index (χ1) is 6.68. The number of hydrogen-bond donors (Lipinski definition) is 2. The Bertz CT molecular complexity index is 477. The molecule has 72 valence electrons. The second-order valence-corrected chi connectivity index (χ2v) is 4.22. The van der Waals surface area contributed by atoms with Gasteiger partial charge in [-0.3, -0.25) is 0 Å². The van der Waals surface area contributed by atoms with Crippen LogP contribution in [0.25, 0.3) is 10.6 Å². The van der Waals surface area contributed by atoms with Crippen molar-refractivity contribution in [2.75, 3.05) is 0 Å². The molecule has 0 aromatic carbocycles. The smallest absolute Gasteiger partial charge is 0.337 e. The fourth-order valence-corrected chi connectivity index (χ4v) is 2.04. The molecule has 2 aromatic rings. The third kappa shape index (κ3) is 1.51. The number of carboxylic acids is 1. The standard InChI is InChI=1S/C8H5ClN2O2S/c9-6-3-11-7(14-6)4-1-10-2-5(4)8(12)13/h1-3,10H,(H,12,13). The molecular weight excluding hydrogens is 224 g/mol. The molecule has 2 aromatic heterocycles. The normalized spacial score (nSPS) is 10.4. The Balaban J connectivity index is 2.51. The van der Waals surface area contributed by atoms with Crippen LogP contribution in [0.4, 0.5) is 0 Å². The van der Waals surface area contributed by atoms with Crippen molar-refractivity contribution >= 4 is 28.9 Å². The van der Waals surface area contributed by atoms with E-state index < -0.39 is 5.97 Å². The summed E-state index contributed by atoms with van der Waals surface area (Å²) >= 11 is 6.96. The Morgan fingerprint density at radius 3 is 2.93 bits per heavy atom. The third-order valence-electron chi connectivity index (χ3n) is 1.68. The summed E-state index contributed by atoms with van der Waals surface area (Å²) in [7, 11) is 0. The quantitative estimate of drug-likeness (QED) is 0.830. The third-order valence-corrected chi connectivity index (χ3v) is 2.83. The van der Waals surface area contributed by atoms with Crippen LogP contribution in [0.2, 0.25) is 4.34 Å². The molecule has 6 heteroatoms. The SMILES string of the molecule is O=C(O)c1c[nH]cc1-c1ncc(Cl)s1. The van der Waals surface area contributed by atoms with Crippen LogP contribution in [0.15, 0.2) is 18.6 Å². The summed E-state index contributed by atoms with van der Waals surface area (Å²) in [5, 5.41) is 9.45. The lowest BCUT2D eigenvalue weighted by atomic mass is 10.2. The largest absolute Gasteiger partial charge is 0.478 e. The first-order valence-electron chi connectivity index (χ1n) is 3.70. The zero-order chi connectivity index (χ0) is 10.1. The average Bonchev–Trinajstić information content (AvgIpc) is 2.70. The number of nitrogens with one attached hydrogen (secondary N) is 1. The van der Waals surface area contributed by atoms with Crippen LogP contribution in [0, 0.1) is 0 Å². The van der Waals surface area contributed by atoms with E-state index in [-0.39, 0.29) is 5.56 Å². The summed E-state index contributed by atoms with van der Waals surface area (Å²) in [5.41, 5.74) is 0.769. The Hall–Kier alpha value is -1.33. The predicted molar refractivity (Wildman–Crippen MR) is 53.9 cm³/mol. The van der Waals surface area contributed by atoms with Crippen molar-refractivity contribution in [2.45, 2.75) is 0 Å². The Kier molecular flexibility index (Phi) is 2.26. The van der Waals surface area contributed by atoms with Gasteiger partial charge in [-0.25, -0.2) is 9.78 Å². The van der Waals surface area contributed by atoms with Gasteiger partial charge in [-0.1, -0.05) is 11.6 Å². The van der Waals surface area contributed by atoms with Gasteiger partial charge in [-0.2, -0.15) is 0 Å². The Morgan fingerprint density at radius 1 is 1.57 bits per heavy atom. The second kappa shape index (κ2) is 3.43. The number of hydrogen-bond acceptors (Lipinski definition) is 3. The second-order valence-electron chi connectivity index (χ2n) is 2.56. The number of rotatable bonds is 2. The van der Waals surface area contributed by atoms with Crippen molar-refractivity contribution in [3.63, 3.8) is 0 Å². The van der Waals surface area contributed by atoms with E-state index in [4.69, 9.17) is 16.7 Å². The Morgan fingerprint density at radius 2 is 2.36 bits per heavy atom. The first kappa shape index (κ1) is 9.23. The van der Waals surface area contributed by atoms with Crippen LogP contribution in [-0.2, 0) is 0 Å². The molecule has 0 saturated carbocycles. The van der Waals surface area contributed by atoms with E-state index in [1.54, 1.807) is 6.20 Å². The number of H-pyrrole nitrogens is 1. The van der Waals surface area contributed by atoms with Gasteiger partial charge in [-0.15, -0.1) is 11.3 Å². The number of halogens is 1. The van der Waals surface area contributed by atoms with E-state index >= 15 is 0 Å². The molecule has 0 aliphatic heterocycles. The lowest BCUT2D eigenvalue weighted by molar-refractivity contribution is 0.0698. The monoisotopic (exact) mass is 228 g/mol. The van der Waals surface area contributed by atoms with Crippen LogP contribution in [0.3, 0.4) is 0 Å². The van der Waals surface area contributed by atoms with Gasteiger partial charge < -0.3 is 10.1 Å². The van der Waals surface area contributed by atoms with Crippen molar-refractivity contribution in [3.05, 3.63) is 28.5 Å². The van der Waals surface area contributed by atoms with Crippen LogP contribution in [0.1, 0.15) is 10.4 Å². The molecule has 14 heavy (non-hydrogen) atoms. The predicted octanol–water partition coefficient (Wildman–Crippen LogP) is 2.49. The number of carbonyl (C=O) groups is 1. The van der Waals surface area contributed by atoms with Gasteiger partial charge in [0.05, 0.1) is 11.8 Å². The molecule has 0 bridgehead atoms. The van der Waals surface area contributed by atoms with E-state index in [0.29, 0.717) is 14.9 Å². The summed E-state index contributed by atoms with van der Waals surface area (Å²) in [6.07, 6.45) is 4.52. The molecule has 0 amide bonds. The number of aromatic amines is 1. The van der Waals surface area contributed by atoms with Gasteiger partial charge in [-0.05, 0) is 0 Å². The molecule has 0 spiro atoms. The maximum absolute atomic E-state index is 10.8. The van der Waals surface area contributed by atoms with Crippen LogP contribution >= 0.6 is 22.9 Å². The zero-order valence-corrected chi connectivity index (χ0v) is 8.39. The number of thiazole rings is 1. The van der Waals surface area contributed by atoms with E-state index in [1.165, 1.54) is 23.7 Å². The van der Waals surface area contributed by atoms with Gasteiger partial charge >= 0.3 is 5.97 Å². The van der Waals surface area contributed by atoms with Gasteiger partial charge in [0, 0.05) is 18.0 Å². The molecule has 0 aliphatic rings. The highest BCUT2D eigenvalue weighted by molar-refractivity contribution is 7.18.